The smallest absolute Gasteiger partial charge is 0.337 e. The van der Waals surface area contributed by atoms with E-state index in [4.69, 9.17) is 10.5 Å². The van der Waals surface area contributed by atoms with E-state index in [0.29, 0.717) is 51.9 Å². The molecule has 39 heavy (non-hydrogen) atoms. The molecule has 10 nitrogen and oxygen atoms in total. The summed E-state index contributed by atoms with van der Waals surface area (Å²) in [4.78, 5) is 32.4. The van der Waals surface area contributed by atoms with Crippen LogP contribution in [0.2, 0.25) is 0 Å². The number of carboxylic acids is 1. The highest BCUT2D eigenvalue weighted by molar-refractivity contribution is 5.94. The van der Waals surface area contributed by atoms with Gasteiger partial charge in [0.25, 0.3) is 6.43 Å². The minimum atomic E-state index is -2.75. The average Bonchev–Trinajstić information content (AvgIpc) is 3.39. The second kappa shape index (κ2) is 11.2. The summed E-state index contributed by atoms with van der Waals surface area (Å²) in [6.45, 7) is 0.754. The third kappa shape index (κ3) is 5.65. The number of para-hydroxylation sites is 1. The maximum atomic E-state index is 13.4. The molecule has 5 N–H and O–H groups in total. The molecule has 198 valence electrons. The number of ether oxygens (including phenoxy) is 1. The molecule has 0 saturated carbocycles. The zero-order chi connectivity index (χ0) is 27.4. The number of nitrogens with zero attached hydrogens (tertiary/aromatic N) is 4. The first-order chi connectivity index (χ1) is 18.9. The van der Waals surface area contributed by atoms with Crippen LogP contribution in [0.1, 0.15) is 28.3 Å². The van der Waals surface area contributed by atoms with E-state index in [-0.39, 0.29) is 30.1 Å². The number of nitrogens with two attached hydrogens (primary N) is 1. The summed E-state index contributed by atoms with van der Waals surface area (Å²) in [6.07, 6.45) is -1.23. The quantitative estimate of drug-likeness (QED) is 0.201. The first-order valence-electron chi connectivity index (χ1n) is 11.9. The van der Waals surface area contributed by atoms with Gasteiger partial charge in [-0.2, -0.15) is 0 Å². The van der Waals surface area contributed by atoms with Crippen molar-refractivity contribution in [3.63, 3.8) is 0 Å². The number of benzene rings is 2. The first-order valence-corrected chi connectivity index (χ1v) is 11.9. The van der Waals surface area contributed by atoms with E-state index >= 15 is 0 Å². The van der Waals surface area contributed by atoms with Gasteiger partial charge < -0.3 is 25.9 Å². The molecule has 3 heterocycles. The molecule has 0 saturated heterocycles. The number of hydrogen-bond acceptors (Lipinski definition) is 8. The Labute approximate surface area is 220 Å². The second-order valence-corrected chi connectivity index (χ2v) is 8.41. The molecule has 0 unspecified atom stereocenters. The number of aromatic amines is 1. The van der Waals surface area contributed by atoms with Crippen LogP contribution in [-0.4, -0.2) is 49.1 Å². The number of H-pyrrole nitrogens is 1. The summed E-state index contributed by atoms with van der Waals surface area (Å²) >= 11 is 0. The molecule has 0 aliphatic rings. The van der Waals surface area contributed by atoms with E-state index in [2.05, 4.69) is 30.2 Å². The van der Waals surface area contributed by atoms with Crippen LogP contribution >= 0.6 is 0 Å². The van der Waals surface area contributed by atoms with Crippen LogP contribution in [0, 0.1) is 0 Å². The predicted octanol–water partition coefficient (Wildman–Crippen LogP) is 4.67. The molecule has 0 fully saturated rings. The van der Waals surface area contributed by atoms with Gasteiger partial charge in [0, 0.05) is 17.8 Å². The number of imidazole rings is 1. The number of nitrogens with one attached hydrogen (secondary N) is 2. The Balaban J connectivity index is 1.56. The Bertz CT molecular complexity index is 1640. The Morgan fingerprint density at radius 1 is 1.05 bits per heavy atom. The van der Waals surface area contributed by atoms with Gasteiger partial charge in [0.1, 0.15) is 23.8 Å². The highest BCUT2D eigenvalue weighted by Gasteiger charge is 2.19. The molecule has 0 aliphatic heterocycles. The van der Waals surface area contributed by atoms with Crippen molar-refractivity contribution < 1.29 is 23.4 Å². The fourth-order valence-electron chi connectivity index (χ4n) is 3.99. The Morgan fingerprint density at radius 2 is 1.90 bits per heavy atom. The van der Waals surface area contributed by atoms with Gasteiger partial charge in [-0.15, -0.1) is 0 Å². The van der Waals surface area contributed by atoms with Crippen LogP contribution in [0.4, 0.5) is 14.5 Å². The van der Waals surface area contributed by atoms with Crippen LogP contribution < -0.4 is 15.8 Å². The van der Waals surface area contributed by atoms with Gasteiger partial charge in [0.2, 0.25) is 5.88 Å². The van der Waals surface area contributed by atoms with E-state index in [0.717, 1.165) is 0 Å². The summed E-state index contributed by atoms with van der Waals surface area (Å²) < 4.78 is 32.3. The van der Waals surface area contributed by atoms with Gasteiger partial charge in [-0.05, 0) is 36.4 Å². The summed E-state index contributed by atoms with van der Waals surface area (Å²) in [7, 11) is 0. The summed E-state index contributed by atoms with van der Waals surface area (Å²) in [5, 5.41) is 12.6. The lowest BCUT2D eigenvalue weighted by molar-refractivity contribution is 0.0698. The van der Waals surface area contributed by atoms with Gasteiger partial charge >= 0.3 is 5.97 Å². The zero-order valence-electron chi connectivity index (χ0n) is 20.4. The number of carbonyl (C=O) groups is 1. The maximum Gasteiger partial charge on any atom is 0.337 e. The third-order valence-corrected chi connectivity index (χ3v) is 5.77. The SMILES string of the molecule is NCCOc1cnc2ccc(-c3[nH]c(CNc4ccccc4C(=O)O)nc3-c3cccc(C(F)F)n3)cc2n1. The number of aromatic carboxylic acids is 1. The standard InChI is InChI=1S/C27H23F2N7O3/c28-26(29)20-7-3-6-19(33-20)25-24(15-8-9-18-21(12-15)34-23(14-32-18)39-11-10-30)35-22(36-25)13-31-17-5-2-1-4-16(17)27(37)38/h1-9,12,14,26,31H,10-11,13,30H2,(H,35,36)(H,37,38). The number of anilines is 1. The summed E-state index contributed by atoms with van der Waals surface area (Å²) in [5.74, 6) is -0.308. The monoisotopic (exact) mass is 531 g/mol. The number of alkyl halides is 2. The average molecular weight is 532 g/mol. The van der Waals surface area contributed by atoms with E-state index in [1.54, 1.807) is 36.4 Å². The van der Waals surface area contributed by atoms with Gasteiger partial charge in [0.15, 0.2) is 0 Å². The molecule has 3 aromatic heterocycles. The van der Waals surface area contributed by atoms with Crippen molar-refractivity contribution in [2.45, 2.75) is 13.0 Å². The molecule has 5 aromatic rings. The van der Waals surface area contributed by atoms with Crippen LogP contribution in [0.15, 0.2) is 66.9 Å². The molecule has 0 atom stereocenters. The Kier molecular flexibility index (Phi) is 7.37. The number of halogens is 2. The highest BCUT2D eigenvalue weighted by atomic mass is 19.3. The summed E-state index contributed by atoms with van der Waals surface area (Å²) in [6, 6.07) is 16.2. The van der Waals surface area contributed by atoms with Crippen molar-refractivity contribution in [2.75, 3.05) is 18.5 Å². The number of aromatic nitrogens is 5. The molecule has 0 aliphatic carbocycles. The van der Waals surface area contributed by atoms with E-state index in [1.165, 1.54) is 24.4 Å². The van der Waals surface area contributed by atoms with Gasteiger partial charge in [-0.1, -0.05) is 24.3 Å². The molecular weight excluding hydrogens is 508 g/mol. The maximum absolute atomic E-state index is 13.4. The molecule has 5 rings (SSSR count). The van der Waals surface area contributed by atoms with E-state index < -0.39 is 12.4 Å². The minimum absolute atomic E-state index is 0.108. The van der Waals surface area contributed by atoms with Crippen LogP contribution in [0.3, 0.4) is 0 Å². The minimum Gasteiger partial charge on any atom is -0.478 e. The van der Waals surface area contributed by atoms with Gasteiger partial charge in [0.05, 0.1) is 40.7 Å². The van der Waals surface area contributed by atoms with Crippen LogP contribution in [-0.2, 0) is 6.54 Å². The topological polar surface area (TPSA) is 152 Å². The number of pyridine rings is 1. The predicted molar refractivity (Wildman–Crippen MR) is 141 cm³/mol. The van der Waals surface area contributed by atoms with Crippen LogP contribution in [0.25, 0.3) is 33.7 Å². The Hall–Kier alpha value is -4.97. The van der Waals surface area contributed by atoms with Crippen molar-refractivity contribution in [3.05, 3.63) is 83.9 Å². The first kappa shape index (κ1) is 25.7. The lowest BCUT2D eigenvalue weighted by atomic mass is 10.1. The highest BCUT2D eigenvalue weighted by Crippen LogP contribution is 2.32. The molecule has 0 radical (unpaired) electrons. The zero-order valence-corrected chi connectivity index (χ0v) is 20.4. The van der Waals surface area contributed by atoms with Gasteiger partial charge in [-0.3, -0.25) is 0 Å². The van der Waals surface area contributed by atoms with E-state index in [1.807, 2.05) is 6.07 Å². The van der Waals surface area contributed by atoms with Crippen LogP contribution in [0.5, 0.6) is 5.88 Å². The molecule has 0 amide bonds. The number of carboxylic acid groups (broad SMARTS) is 1. The van der Waals surface area contributed by atoms with Gasteiger partial charge in [-0.25, -0.2) is 33.5 Å². The lowest BCUT2D eigenvalue weighted by Crippen LogP contribution is -2.11. The molecule has 2 aromatic carbocycles. The fraction of sp³-hybridized carbons (Fsp3) is 0.148. The third-order valence-electron chi connectivity index (χ3n) is 5.77. The summed E-state index contributed by atoms with van der Waals surface area (Å²) in [5.41, 5.74) is 8.62. The molecule has 0 bridgehead atoms. The van der Waals surface area contributed by atoms with Crippen molar-refractivity contribution in [3.8, 4) is 28.5 Å². The number of fused-ring (bicyclic) bond motifs is 1. The molecule has 0 spiro atoms. The Morgan fingerprint density at radius 3 is 2.69 bits per heavy atom. The van der Waals surface area contributed by atoms with Crippen molar-refractivity contribution >= 4 is 22.7 Å². The largest absolute Gasteiger partial charge is 0.478 e. The van der Waals surface area contributed by atoms with Crippen molar-refractivity contribution in [2.24, 2.45) is 5.73 Å². The second-order valence-electron chi connectivity index (χ2n) is 8.41. The normalized spacial score (nSPS) is 11.2. The fourth-order valence-corrected chi connectivity index (χ4v) is 3.99. The molecular formula is C27H23F2N7O3. The lowest BCUT2D eigenvalue weighted by Gasteiger charge is -2.08. The number of hydrogen-bond donors (Lipinski definition) is 4. The number of rotatable bonds is 10. The van der Waals surface area contributed by atoms with Crippen molar-refractivity contribution in [1.82, 2.24) is 24.9 Å². The molecule has 12 heteroatoms. The van der Waals surface area contributed by atoms with E-state index in [9.17, 15) is 18.7 Å². The van der Waals surface area contributed by atoms with Crippen molar-refractivity contribution in [1.29, 1.82) is 0 Å².